The third-order valence-electron chi connectivity index (χ3n) is 5.03. The molecule has 0 fully saturated rings. The second kappa shape index (κ2) is 11.2. The van der Waals surface area contributed by atoms with Crippen LogP contribution in [0.4, 0.5) is 20.3 Å². The monoisotopic (exact) mass is 510 g/mol. The van der Waals surface area contributed by atoms with Gasteiger partial charge in [-0.25, -0.2) is 27.8 Å². The van der Waals surface area contributed by atoms with Crippen molar-refractivity contribution in [2.75, 3.05) is 11.1 Å². The van der Waals surface area contributed by atoms with Gasteiger partial charge in [-0.1, -0.05) is 13.8 Å². The Bertz CT molecular complexity index is 1570. The van der Waals surface area contributed by atoms with Crippen molar-refractivity contribution >= 4 is 17.4 Å². The molecule has 4 rings (SSSR count). The van der Waals surface area contributed by atoms with Gasteiger partial charge in [0.25, 0.3) is 11.5 Å². The summed E-state index contributed by atoms with van der Waals surface area (Å²) in [6.45, 7) is 5.67. The van der Waals surface area contributed by atoms with Gasteiger partial charge in [-0.3, -0.25) is 9.59 Å². The van der Waals surface area contributed by atoms with E-state index in [-0.39, 0.29) is 22.9 Å². The second-order valence-corrected chi connectivity index (χ2v) is 7.39. The van der Waals surface area contributed by atoms with Crippen LogP contribution in [0.1, 0.15) is 29.9 Å². The van der Waals surface area contributed by atoms with Crippen LogP contribution in [0.5, 0.6) is 11.5 Å². The topological polar surface area (TPSA) is 134 Å². The largest absolute Gasteiger partial charge is 0.454 e. The van der Waals surface area contributed by atoms with Crippen LogP contribution in [0.2, 0.25) is 0 Å². The number of hydrogen-bond donors (Lipinski definition) is 2. The summed E-state index contributed by atoms with van der Waals surface area (Å²) in [5.41, 5.74) is 3.83. The van der Waals surface area contributed by atoms with Crippen molar-refractivity contribution < 1.29 is 18.3 Å². The lowest BCUT2D eigenvalue weighted by Crippen LogP contribution is -2.43. The third-order valence-corrected chi connectivity index (χ3v) is 5.03. The van der Waals surface area contributed by atoms with Crippen molar-refractivity contribution in [3.63, 3.8) is 0 Å². The number of carbonyl (C=O) groups excluding carboxylic acids is 1. The number of nitrogen functional groups attached to an aromatic ring is 1. The minimum atomic E-state index is -1.02. The number of carbonyl (C=O) groups is 1. The van der Waals surface area contributed by atoms with Crippen LogP contribution < -0.4 is 27.0 Å². The zero-order valence-electron chi connectivity index (χ0n) is 20.5. The predicted octanol–water partition coefficient (Wildman–Crippen LogP) is 3.57. The zero-order valence-corrected chi connectivity index (χ0v) is 20.5. The summed E-state index contributed by atoms with van der Waals surface area (Å²) >= 11 is 0. The first-order chi connectivity index (χ1) is 17.7. The lowest BCUT2D eigenvalue weighted by molar-refractivity contribution is 0.101. The molecule has 4 aromatic rings. The molecule has 0 aliphatic heterocycles. The molecule has 2 aromatic heterocycles. The second-order valence-electron chi connectivity index (χ2n) is 7.39. The number of ether oxygens (including phenoxy) is 1. The first-order valence-electron chi connectivity index (χ1n) is 11.1. The molecule has 12 heteroatoms. The van der Waals surface area contributed by atoms with E-state index in [1.807, 2.05) is 13.8 Å². The van der Waals surface area contributed by atoms with E-state index < -0.39 is 34.5 Å². The van der Waals surface area contributed by atoms with Crippen LogP contribution >= 0.6 is 0 Å². The first kappa shape index (κ1) is 26.7. The van der Waals surface area contributed by atoms with Gasteiger partial charge >= 0.3 is 5.69 Å². The van der Waals surface area contributed by atoms with Crippen LogP contribution in [0.15, 0.2) is 64.3 Å². The molecule has 0 unspecified atom stereocenters. The summed E-state index contributed by atoms with van der Waals surface area (Å²) in [5.74, 6) is -1.92. The number of aromatic nitrogens is 4. The van der Waals surface area contributed by atoms with E-state index in [9.17, 15) is 23.2 Å². The summed E-state index contributed by atoms with van der Waals surface area (Å²) in [6, 6.07) is 9.72. The fourth-order valence-corrected chi connectivity index (χ4v) is 3.15. The van der Waals surface area contributed by atoms with Gasteiger partial charge in [-0.15, -0.1) is 0 Å². The van der Waals surface area contributed by atoms with Gasteiger partial charge in [0, 0.05) is 30.6 Å². The molecule has 0 bridgehead atoms. The quantitative estimate of drug-likeness (QED) is 0.419. The predicted molar refractivity (Wildman–Crippen MR) is 134 cm³/mol. The van der Waals surface area contributed by atoms with Crippen molar-refractivity contribution in [1.82, 2.24) is 19.3 Å². The highest BCUT2D eigenvalue weighted by molar-refractivity contribution is 6.02. The maximum absolute atomic E-state index is 14.7. The number of aryl methyl sites for hydroxylation is 1. The Hall–Kier alpha value is -4.87. The number of hydrogen-bond acceptors (Lipinski definition) is 7. The Morgan fingerprint density at radius 1 is 1.03 bits per heavy atom. The normalized spacial score (nSPS) is 10.3. The Kier molecular flexibility index (Phi) is 8.12. The third kappa shape index (κ3) is 5.69. The molecule has 1 amide bonds. The molecule has 0 spiro atoms. The summed E-state index contributed by atoms with van der Waals surface area (Å²) in [6.07, 6.45) is 1.42. The van der Waals surface area contributed by atoms with Crippen LogP contribution in [0.3, 0.4) is 0 Å². The van der Waals surface area contributed by atoms with Gasteiger partial charge in [0.15, 0.2) is 11.6 Å². The minimum Gasteiger partial charge on any atom is -0.454 e. The van der Waals surface area contributed by atoms with Crippen LogP contribution in [0.25, 0.3) is 5.69 Å². The summed E-state index contributed by atoms with van der Waals surface area (Å²) in [5, 5.41) is 6.10. The molecular weight excluding hydrogens is 486 g/mol. The molecule has 0 aliphatic carbocycles. The first-order valence-corrected chi connectivity index (χ1v) is 11.1. The highest BCUT2D eigenvalue weighted by atomic mass is 19.1. The van der Waals surface area contributed by atoms with E-state index in [4.69, 9.17) is 10.5 Å². The number of nitrogens with one attached hydrogen (secondary N) is 1. The van der Waals surface area contributed by atoms with Crippen molar-refractivity contribution in [3.8, 4) is 17.2 Å². The molecule has 192 valence electrons. The molecular formula is C25H24F2N6O4. The van der Waals surface area contributed by atoms with Crippen molar-refractivity contribution in [2.24, 2.45) is 7.05 Å². The number of nitrogens with zero attached hydrogens (tertiary/aromatic N) is 4. The Labute approximate surface area is 210 Å². The average Bonchev–Trinajstić information content (AvgIpc) is 2.88. The van der Waals surface area contributed by atoms with Gasteiger partial charge in [0.1, 0.15) is 17.4 Å². The van der Waals surface area contributed by atoms with Crippen molar-refractivity contribution in [3.05, 3.63) is 98.5 Å². The number of nitrogens with two attached hydrogens (primary N) is 1. The van der Waals surface area contributed by atoms with Gasteiger partial charge in [-0.2, -0.15) is 5.10 Å². The number of rotatable bonds is 5. The lowest BCUT2D eigenvalue weighted by atomic mass is 10.2. The van der Waals surface area contributed by atoms with E-state index in [0.29, 0.717) is 15.9 Å². The number of benzene rings is 2. The van der Waals surface area contributed by atoms with Crippen LogP contribution in [-0.4, -0.2) is 25.2 Å². The SMILES string of the molecule is CC.Cc1c(Oc2ccc(NC(=O)c3nn(C)c(=O)n(-c4ccc(F)cc4)c3=O)cc2F)ccnc1N. The summed E-state index contributed by atoms with van der Waals surface area (Å²) in [4.78, 5) is 42.0. The molecule has 0 atom stereocenters. The number of halogens is 2. The number of anilines is 2. The highest BCUT2D eigenvalue weighted by Gasteiger charge is 2.20. The summed E-state index contributed by atoms with van der Waals surface area (Å²) in [7, 11) is 1.25. The van der Waals surface area contributed by atoms with Gasteiger partial charge in [-0.05, 0) is 49.4 Å². The Morgan fingerprint density at radius 3 is 2.35 bits per heavy atom. The van der Waals surface area contributed by atoms with Crippen molar-refractivity contribution in [2.45, 2.75) is 20.8 Å². The molecule has 3 N–H and O–H groups in total. The Morgan fingerprint density at radius 2 is 1.70 bits per heavy atom. The van der Waals surface area contributed by atoms with E-state index >= 15 is 0 Å². The summed E-state index contributed by atoms with van der Waals surface area (Å²) < 4.78 is 34.9. The average molecular weight is 511 g/mol. The minimum absolute atomic E-state index is 0.00852. The fourth-order valence-electron chi connectivity index (χ4n) is 3.15. The van der Waals surface area contributed by atoms with E-state index in [2.05, 4.69) is 15.4 Å². The van der Waals surface area contributed by atoms with E-state index in [1.165, 1.54) is 43.6 Å². The van der Waals surface area contributed by atoms with Crippen LogP contribution in [-0.2, 0) is 7.05 Å². The maximum atomic E-state index is 14.7. The molecule has 2 heterocycles. The van der Waals surface area contributed by atoms with Gasteiger partial charge < -0.3 is 15.8 Å². The van der Waals surface area contributed by atoms with Crippen molar-refractivity contribution in [1.29, 1.82) is 0 Å². The molecule has 0 saturated heterocycles. The lowest BCUT2D eigenvalue weighted by Gasteiger charge is -2.12. The fraction of sp³-hybridized carbons (Fsp3) is 0.160. The standard InChI is InChI=1S/C23H18F2N6O4.C2H6/c1-12-17(9-10-27-20(12)26)35-18-8-5-14(11-16(18)25)28-21(32)19-22(33)31(23(34)30(2)29-19)15-6-3-13(24)4-7-15;1-2/h3-11H,1-2H3,(H2,26,27)(H,28,32);1-2H3. The molecule has 2 aromatic carbocycles. The number of pyridine rings is 1. The molecule has 10 nitrogen and oxygen atoms in total. The van der Waals surface area contributed by atoms with Gasteiger partial charge in [0.05, 0.1) is 5.69 Å². The Balaban J connectivity index is 0.00000186. The smallest absolute Gasteiger partial charge is 0.351 e. The molecule has 0 aliphatic rings. The van der Waals surface area contributed by atoms with Gasteiger partial charge in [0.2, 0.25) is 5.69 Å². The molecule has 37 heavy (non-hydrogen) atoms. The maximum Gasteiger partial charge on any atom is 0.351 e. The van der Waals surface area contributed by atoms with E-state index in [0.717, 1.165) is 22.9 Å². The molecule has 0 saturated carbocycles. The number of amides is 1. The van der Waals surface area contributed by atoms with E-state index in [1.54, 1.807) is 6.92 Å². The van der Waals surface area contributed by atoms with Crippen LogP contribution in [0, 0.1) is 18.6 Å². The highest BCUT2D eigenvalue weighted by Crippen LogP contribution is 2.30. The molecule has 0 radical (unpaired) electrons. The zero-order chi connectivity index (χ0) is 27.3.